The van der Waals surface area contributed by atoms with Crippen LogP contribution in [-0.4, -0.2) is 106 Å². The maximum absolute atomic E-state index is 13.2. The molecule has 0 aromatic rings. The third-order valence-electron chi connectivity index (χ3n) is 9.67. The zero-order valence-corrected chi connectivity index (χ0v) is 22.5. The van der Waals surface area contributed by atoms with E-state index >= 15 is 0 Å². The van der Waals surface area contributed by atoms with E-state index in [1.165, 1.54) is 7.11 Å². The predicted molar refractivity (Wildman–Crippen MR) is 130 cm³/mol. The van der Waals surface area contributed by atoms with Crippen LogP contribution >= 0.6 is 0 Å². The lowest BCUT2D eigenvalue weighted by molar-refractivity contribution is -0.310. The van der Waals surface area contributed by atoms with Gasteiger partial charge in [-0.15, -0.1) is 0 Å². The summed E-state index contributed by atoms with van der Waals surface area (Å²) in [6.45, 7) is 3.05. The van der Waals surface area contributed by atoms with Crippen molar-refractivity contribution in [1.29, 1.82) is 0 Å². The highest BCUT2D eigenvalue weighted by Crippen LogP contribution is 2.65. The molecule has 5 rings (SSSR count). The molecule has 2 bridgehead atoms. The topological polar surface area (TPSA) is 199 Å². The maximum Gasteiger partial charge on any atom is 0.339 e. The molecule has 2 aliphatic carbocycles. The van der Waals surface area contributed by atoms with Crippen LogP contribution in [0.3, 0.4) is 0 Å². The van der Waals surface area contributed by atoms with Gasteiger partial charge in [-0.05, 0) is 43.1 Å². The van der Waals surface area contributed by atoms with Crippen LogP contribution in [0.1, 0.15) is 39.5 Å². The summed E-state index contributed by atoms with van der Waals surface area (Å²) in [5.74, 6) is -2.76. The molecule has 13 heteroatoms. The zero-order valence-electron chi connectivity index (χ0n) is 22.5. The van der Waals surface area contributed by atoms with Crippen molar-refractivity contribution in [2.45, 2.75) is 88.7 Å². The van der Waals surface area contributed by atoms with E-state index < -0.39 is 90.5 Å². The molecule has 12 atom stereocenters. The van der Waals surface area contributed by atoms with E-state index in [9.17, 15) is 39.9 Å². The van der Waals surface area contributed by atoms with Crippen LogP contribution in [-0.2, 0) is 38.1 Å². The second-order valence-corrected chi connectivity index (χ2v) is 11.7. The Morgan fingerprint density at radius 1 is 1.12 bits per heavy atom. The summed E-state index contributed by atoms with van der Waals surface area (Å²) < 4.78 is 27.4. The fraction of sp³-hybridized carbons (Fsp3) is 0.741. The molecule has 3 aliphatic heterocycles. The first-order chi connectivity index (χ1) is 18.9. The van der Waals surface area contributed by atoms with Crippen molar-refractivity contribution >= 4 is 17.9 Å². The number of hydrogen-bond acceptors (Lipinski definition) is 13. The SMILES string of the molecule is COC(=O)C1=CCC[C@@H]2[C@](C)(CC(O[C@@H]3O[C@H](CO)[C@@H](O)[C@H](O)[C@H]3O)C3=CC(O)OC3=O)[C@H]3C[C@H](OC3=O)[C@]12C. The quantitative estimate of drug-likeness (QED) is 0.182. The van der Waals surface area contributed by atoms with E-state index in [0.29, 0.717) is 24.8 Å². The van der Waals surface area contributed by atoms with Gasteiger partial charge in [-0.1, -0.05) is 19.9 Å². The summed E-state index contributed by atoms with van der Waals surface area (Å²) in [5.41, 5.74) is -1.50. The van der Waals surface area contributed by atoms with Crippen LogP contribution in [0.25, 0.3) is 0 Å². The number of hydrogen-bond donors (Lipinski definition) is 5. The molecule has 3 heterocycles. The normalized spacial score (nSPS) is 45.1. The van der Waals surface area contributed by atoms with Gasteiger partial charge in [0.15, 0.2) is 6.29 Å². The first-order valence-electron chi connectivity index (χ1n) is 13.4. The van der Waals surface area contributed by atoms with E-state index in [2.05, 4.69) is 0 Å². The molecule has 5 aliphatic rings. The number of fused-ring (bicyclic) bond motifs is 4. The Labute approximate surface area is 230 Å². The largest absolute Gasteiger partial charge is 0.466 e. The molecule has 0 spiro atoms. The molecule has 0 radical (unpaired) electrons. The lowest BCUT2D eigenvalue weighted by Crippen LogP contribution is -2.60. The minimum absolute atomic E-state index is 0.0170. The summed E-state index contributed by atoms with van der Waals surface area (Å²) in [6.07, 6.45) is -6.89. The second kappa shape index (κ2) is 10.5. The first-order valence-corrected chi connectivity index (χ1v) is 13.4. The third kappa shape index (κ3) is 4.39. The molecule has 3 fully saturated rings. The van der Waals surface area contributed by atoms with Gasteiger partial charge in [0.05, 0.1) is 31.3 Å². The van der Waals surface area contributed by atoms with E-state index in [0.717, 1.165) is 6.08 Å². The highest BCUT2D eigenvalue weighted by Gasteiger charge is 2.68. The highest BCUT2D eigenvalue weighted by atomic mass is 16.7. The molecule has 5 N–H and O–H groups in total. The van der Waals surface area contributed by atoms with Gasteiger partial charge < -0.3 is 49.2 Å². The molecule has 2 saturated heterocycles. The molecule has 1 saturated carbocycles. The van der Waals surface area contributed by atoms with Gasteiger partial charge in [0.25, 0.3) is 0 Å². The number of esters is 3. The van der Waals surface area contributed by atoms with Gasteiger partial charge in [0.1, 0.15) is 30.5 Å². The van der Waals surface area contributed by atoms with Crippen LogP contribution in [0, 0.1) is 22.7 Å². The standard InChI is InChI=1S/C27H36O13/c1-26(13-8-17(39-24(13)35)27(2)12(23(34)36-3)5-4-6-16(26)27)9-14(11-7-18(29)40-22(11)33)37-25-21(32)20(31)19(30)15(10-28)38-25/h5,7,13-21,25,28-32H,4,6,8-10H2,1-3H3/t13-,14?,15+,16+,17-,18?,19+,20-,21+,25+,26+,27+/m0/s1. The fourth-order valence-corrected chi connectivity index (χ4v) is 7.59. The number of carbonyl (C=O) groups excluding carboxylic acids is 3. The van der Waals surface area contributed by atoms with Gasteiger partial charge in [0.2, 0.25) is 6.29 Å². The van der Waals surface area contributed by atoms with Crippen molar-refractivity contribution < 1.29 is 63.6 Å². The Kier molecular flexibility index (Phi) is 7.62. The van der Waals surface area contributed by atoms with Crippen molar-refractivity contribution in [2.24, 2.45) is 22.7 Å². The van der Waals surface area contributed by atoms with Crippen molar-refractivity contribution in [3.05, 3.63) is 23.3 Å². The first kappa shape index (κ1) is 29.1. The summed E-state index contributed by atoms with van der Waals surface area (Å²) in [5, 5.41) is 50.7. The summed E-state index contributed by atoms with van der Waals surface area (Å²) in [4.78, 5) is 38.8. The summed E-state index contributed by atoms with van der Waals surface area (Å²) in [6, 6.07) is 0. The minimum Gasteiger partial charge on any atom is -0.466 e. The average molecular weight is 569 g/mol. The van der Waals surface area contributed by atoms with Crippen molar-refractivity contribution in [3.63, 3.8) is 0 Å². The molecule has 40 heavy (non-hydrogen) atoms. The number of ether oxygens (including phenoxy) is 5. The molecule has 13 nitrogen and oxygen atoms in total. The van der Waals surface area contributed by atoms with Gasteiger partial charge in [0, 0.05) is 11.0 Å². The molecular weight excluding hydrogens is 532 g/mol. The highest BCUT2D eigenvalue weighted by molar-refractivity contribution is 5.92. The summed E-state index contributed by atoms with van der Waals surface area (Å²) >= 11 is 0. The number of aliphatic hydroxyl groups is 5. The third-order valence-corrected chi connectivity index (χ3v) is 9.67. The lowest BCUT2D eigenvalue weighted by atomic mass is 9.46. The van der Waals surface area contributed by atoms with E-state index in [1.807, 2.05) is 19.9 Å². The number of cyclic esters (lactones) is 1. The molecule has 2 unspecified atom stereocenters. The Balaban J connectivity index is 1.54. The minimum atomic E-state index is -1.75. The number of methoxy groups -OCH3 is 1. The lowest BCUT2D eigenvalue weighted by Gasteiger charge is -2.56. The Bertz CT molecular complexity index is 1120. The van der Waals surface area contributed by atoms with Crippen molar-refractivity contribution in [3.8, 4) is 0 Å². The Hall–Kier alpha value is -2.39. The molecule has 0 aromatic carbocycles. The number of aliphatic hydroxyl groups excluding tert-OH is 5. The molecule has 0 aromatic heterocycles. The van der Waals surface area contributed by atoms with Crippen molar-refractivity contribution in [2.75, 3.05) is 13.7 Å². The van der Waals surface area contributed by atoms with Gasteiger partial charge in [-0.2, -0.15) is 0 Å². The van der Waals surface area contributed by atoms with Crippen LogP contribution in [0.2, 0.25) is 0 Å². The van der Waals surface area contributed by atoms with Crippen LogP contribution < -0.4 is 0 Å². The van der Waals surface area contributed by atoms with Crippen LogP contribution in [0.15, 0.2) is 23.3 Å². The van der Waals surface area contributed by atoms with E-state index in [-0.39, 0.29) is 17.9 Å². The number of allylic oxidation sites excluding steroid dienone is 1. The summed E-state index contributed by atoms with van der Waals surface area (Å²) in [7, 11) is 1.29. The van der Waals surface area contributed by atoms with Crippen LogP contribution in [0.5, 0.6) is 0 Å². The maximum atomic E-state index is 13.2. The van der Waals surface area contributed by atoms with Gasteiger partial charge in [-0.25, -0.2) is 9.59 Å². The molecule has 0 amide bonds. The Morgan fingerprint density at radius 2 is 1.85 bits per heavy atom. The van der Waals surface area contributed by atoms with Crippen LogP contribution in [0.4, 0.5) is 0 Å². The zero-order chi connectivity index (χ0) is 29.1. The number of rotatable bonds is 7. The average Bonchev–Trinajstić information content (AvgIpc) is 3.47. The monoisotopic (exact) mass is 568 g/mol. The molecule has 222 valence electrons. The predicted octanol–water partition coefficient (Wildman–Crippen LogP) is -1.17. The molecular formula is C27H36O13. The van der Waals surface area contributed by atoms with Gasteiger partial charge >= 0.3 is 17.9 Å². The van der Waals surface area contributed by atoms with E-state index in [4.69, 9.17) is 23.7 Å². The Morgan fingerprint density at radius 3 is 2.48 bits per heavy atom. The fourth-order valence-electron chi connectivity index (χ4n) is 7.59. The smallest absolute Gasteiger partial charge is 0.339 e. The van der Waals surface area contributed by atoms with E-state index in [1.54, 1.807) is 0 Å². The second-order valence-electron chi connectivity index (χ2n) is 11.7. The number of carbonyl (C=O) groups is 3. The van der Waals surface area contributed by atoms with Crippen molar-refractivity contribution in [1.82, 2.24) is 0 Å². The van der Waals surface area contributed by atoms with Gasteiger partial charge in [-0.3, -0.25) is 4.79 Å².